The highest BCUT2D eigenvalue weighted by molar-refractivity contribution is 7.15. The monoisotopic (exact) mass is 387 g/mol. The molecule has 0 aliphatic carbocycles. The molecule has 3 rings (SSSR count). The lowest BCUT2D eigenvalue weighted by atomic mass is 10.2. The van der Waals surface area contributed by atoms with Crippen molar-refractivity contribution in [2.75, 3.05) is 11.9 Å². The number of anilines is 1. The van der Waals surface area contributed by atoms with Gasteiger partial charge in [-0.1, -0.05) is 22.9 Å². The molecule has 0 aromatic carbocycles. The van der Waals surface area contributed by atoms with Crippen LogP contribution in [0.3, 0.4) is 0 Å². The van der Waals surface area contributed by atoms with Gasteiger partial charge in [-0.15, -0.1) is 0 Å². The Morgan fingerprint density at radius 1 is 1.56 bits per heavy atom. The lowest BCUT2D eigenvalue weighted by Gasteiger charge is -2.19. The molecule has 0 saturated carbocycles. The number of hydrogen-bond acceptors (Lipinski definition) is 8. The van der Waals surface area contributed by atoms with Crippen molar-refractivity contribution in [3.63, 3.8) is 0 Å². The lowest BCUT2D eigenvalue weighted by molar-refractivity contribution is 0.188. The molecule has 2 N–H and O–H groups in total. The largest absolute Gasteiger partial charge is 0.473 e. The maximum atomic E-state index is 14.0. The Labute approximate surface area is 153 Å². The third-order valence-electron chi connectivity index (χ3n) is 3.89. The zero-order valence-corrected chi connectivity index (χ0v) is 15.4. The number of rotatable bonds is 6. The quantitative estimate of drug-likeness (QED) is 0.582. The summed E-state index contributed by atoms with van der Waals surface area (Å²) in [5.74, 6) is -0.0706. The summed E-state index contributed by atoms with van der Waals surface area (Å²) in [5.41, 5.74) is 0. The first-order chi connectivity index (χ1) is 11.9. The Bertz CT molecular complexity index is 732. The van der Waals surface area contributed by atoms with E-state index in [4.69, 9.17) is 16.3 Å². The molecule has 1 saturated heterocycles. The van der Waals surface area contributed by atoms with Gasteiger partial charge in [0.1, 0.15) is 23.8 Å². The molecule has 1 unspecified atom stereocenters. The molecule has 3 atom stereocenters. The first-order valence-corrected chi connectivity index (χ1v) is 9.08. The molecule has 1 aliphatic rings. The zero-order chi connectivity index (χ0) is 18.0. The molecule has 25 heavy (non-hydrogen) atoms. The van der Waals surface area contributed by atoms with Crippen LogP contribution in [-0.2, 0) is 6.54 Å². The van der Waals surface area contributed by atoms with Gasteiger partial charge in [-0.2, -0.15) is 9.37 Å². The van der Waals surface area contributed by atoms with Gasteiger partial charge in [-0.3, -0.25) is 4.90 Å². The number of ether oxygens (including phenoxy) is 1. The molecule has 10 heteroatoms. The van der Waals surface area contributed by atoms with Crippen LogP contribution in [0.5, 0.6) is 5.88 Å². The average molecular weight is 388 g/mol. The van der Waals surface area contributed by atoms with E-state index in [0.29, 0.717) is 34.1 Å². The Morgan fingerprint density at radius 3 is 3.08 bits per heavy atom. The van der Waals surface area contributed by atoms with Crippen LogP contribution < -0.4 is 10.1 Å². The second-order valence-corrected chi connectivity index (χ2v) is 7.46. The summed E-state index contributed by atoms with van der Waals surface area (Å²) in [4.78, 5) is 14.3. The Kier molecular flexibility index (Phi) is 5.67. The van der Waals surface area contributed by atoms with Crippen LogP contribution in [0, 0.1) is 5.95 Å². The summed E-state index contributed by atoms with van der Waals surface area (Å²) in [7, 11) is 0. The highest BCUT2D eigenvalue weighted by atomic mass is 35.5. The molecule has 0 spiro atoms. The van der Waals surface area contributed by atoms with E-state index in [-0.39, 0.29) is 12.1 Å². The van der Waals surface area contributed by atoms with Crippen molar-refractivity contribution >= 4 is 28.1 Å². The normalized spacial score (nSPS) is 22.1. The van der Waals surface area contributed by atoms with Crippen molar-refractivity contribution in [1.82, 2.24) is 19.9 Å². The van der Waals surface area contributed by atoms with Crippen molar-refractivity contribution in [3.8, 4) is 5.88 Å². The predicted molar refractivity (Wildman–Crippen MR) is 93.3 cm³/mol. The lowest BCUT2D eigenvalue weighted by Crippen LogP contribution is -2.28. The summed E-state index contributed by atoms with van der Waals surface area (Å²) in [5, 5.41) is 12.7. The van der Waals surface area contributed by atoms with Crippen LogP contribution >= 0.6 is 22.9 Å². The van der Waals surface area contributed by atoms with Crippen molar-refractivity contribution < 1.29 is 14.2 Å². The van der Waals surface area contributed by atoms with Crippen LogP contribution in [0.1, 0.15) is 25.1 Å². The van der Waals surface area contributed by atoms with Gasteiger partial charge in [0.2, 0.25) is 11.8 Å². The molecule has 0 bridgehead atoms. The number of halogens is 2. The summed E-state index contributed by atoms with van der Waals surface area (Å²) >= 11 is 7.04. The summed E-state index contributed by atoms with van der Waals surface area (Å²) < 4.78 is 19.9. The molecule has 2 aromatic rings. The minimum atomic E-state index is -0.776. The number of aliphatic hydroxyl groups is 1. The fourth-order valence-corrected chi connectivity index (χ4v) is 3.85. The van der Waals surface area contributed by atoms with Gasteiger partial charge >= 0.3 is 0 Å². The van der Waals surface area contributed by atoms with Crippen LogP contribution in [0.25, 0.3) is 0 Å². The minimum absolute atomic E-state index is 0.0491. The number of aromatic nitrogens is 3. The number of thiazole rings is 1. The first-order valence-electron chi connectivity index (χ1n) is 7.88. The third kappa shape index (κ3) is 4.75. The molecule has 0 amide bonds. The predicted octanol–water partition coefficient (Wildman–Crippen LogP) is 2.52. The molecule has 136 valence electrons. The second-order valence-electron chi connectivity index (χ2n) is 5.99. The Balaban J connectivity index is 1.61. The number of likely N-dealkylation sites (tertiary alicyclic amines) is 1. The number of aliphatic hydroxyl groups excluding tert-OH is 1. The SMILES string of the molecule is CC(O)Nc1nc(F)c(CN2C[C@H](Oc3cc(Cl)ncn3)C[C@@H]2C)s1. The maximum absolute atomic E-state index is 14.0. The van der Waals surface area contributed by atoms with Crippen LogP contribution in [0.2, 0.25) is 5.15 Å². The Hall–Kier alpha value is -1.55. The highest BCUT2D eigenvalue weighted by Crippen LogP contribution is 2.28. The van der Waals surface area contributed by atoms with E-state index in [1.807, 2.05) is 0 Å². The molecule has 7 nitrogen and oxygen atoms in total. The van der Waals surface area contributed by atoms with Gasteiger partial charge in [-0.25, -0.2) is 9.97 Å². The van der Waals surface area contributed by atoms with E-state index in [1.165, 1.54) is 17.7 Å². The van der Waals surface area contributed by atoms with Crippen molar-refractivity contribution in [1.29, 1.82) is 0 Å². The van der Waals surface area contributed by atoms with Gasteiger partial charge in [0.25, 0.3) is 0 Å². The summed E-state index contributed by atoms with van der Waals surface area (Å²) in [6.07, 6.45) is 1.34. The van der Waals surface area contributed by atoms with Crippen LogP contribution in [-0.4, -0.2) is 49.9 Å². The molecule has 1 aliphatic heterocycles. The third-order valence-corrected chi connectivity index (χ3v) is 5.04. The fourth-order valence-electron chi connectivity index (χ4n) is 2.76. The topological polar surface area (TPSA) is 83.4 Å². The summed E-state index contributed by atoms with van der Waals surface area (Å²) in [6, 6.07) is 1.81. The van der Waals surface area contributed by atoms with Crippen molar-refractivity contribution in [2.45, 2.75) is 45.2 Å². The number of nitrogens with one attached hydrogen (secondary N) is 1. The molecule has 1 fully saturated rings. The van der Waals surface area contributed by atoms with E-state index in [0.717, 1.165) is 6.42 Å². The second kappa shape index (κ2) is 7.77. The number of nitrogens with zero attached hydrogens (tertiary/aromatic N) is 4. The van der Waals surface area contributed by atoms with Crippen LogP contribution in [0.4, 0.5) is 9.52 Å². The van der Waals surface area contributed by atoms with E-state index in [1.54, 1.807) is 13.0 Å². The van der Waals surface area contributed by atoms with E-state index >= 15 is 0 Å². The van der Waals surface area contributed by atoms with Gasteiger partial charge in [0.05, 0.1) is 4.88 Å². The molecule has 2 aromatic heterocycles. The first kappa shape index (κ1) is 18.2. The van der Waals surface area contributed by atoms with Gasteiger partial charge in [-0.05, 0) is 13.8 Å². The molecular formula is C15H19ClFN5O2S. The fraction of sp³-hybridized carbons (Fsp3) is 0.533. The standard InChI is InChI=1S/C15H19ClFN5O2S/c1-8-3-10(24-13-4-12(16)18-7-19-13)5-22(8)6-11-14(17)21-15(25-11)20-9(2)23/h4,7-10,23H,3,5-6H2,1-2H3,(H,20,21)/t8-,9?,10+/m0/s1. The molecule has 0 radical (unpaired) electrons. The van der Waals surface area contributed by atoms with E-state index in [2.05, 4.69) is 32.1 Å². The zero-order valence-electron chi connectivity index (χ0n) is 13.8. The minimum Gasteiger partial charge on any atom is -0.473 e. The van der Waals surface area contributed by atoms with Crippen LogP contribution in [0.15, 0.2) is 12.4 Å². The highest BCUT2D eigenvalue weighted by Gasteiger charge is 2.32. The van der Waals surface area contributed by atoms with Gasteiger partial charge in [0, 0.05) is 31.6 Å². The smallest absolute Gasteiger partial charge is 0.230 e. The number of hydrogen-bond donors (Lipinski definition) is 2. The van der Waals surface area contributed by atoms with Gasteiger partial charge < -0.3 is 15.2 Å². The Morgan fingerprint density at radius 2 is 2.36 bits per heavy atom. The average Bonchev–Trinajstić information content (AvgIpc) is 3.02. The maximum Gasteiger partial charge on any atom is 0.230 e. The van der Waals surface area contributed by atoms with Crippen molar-refractivity contribution in [2.24, 2.45) is 0 Å². The van der Waals surface area contributed by atoms with Crippen molar-refractivity contribution in [3.05, 3.63) is 28.4 Å². The van der Waals surface area contributed by atoms with Gasteiger partial charge in [0.15, 0.2) is 5.13 Å². The van der Waals surface area contributed by atoms with E-state index in [9.17, 15) is 9.50 Å². The molecular weight excluding hydrogens is 369 g/mol. The molecule has 3 heterocycles. The van der Waals surface area contributed by atoms with E-state index < -0.39 is 12.2 Å². The summed E-state index contributed by atoms with van der Waals surface area (Å²) in [6.45, 7) is 4.73.